The smallest absolute Gasteiger partial charge is 0.250 e. The molecule has 0 bridgehead atoms. The van der Waals surface area contributed by atoms with Crippen LogP contribution >= 0.6 is 11.3 Å². The van der Waals surface area contributed by atoms with Crippen molar-refractivity contribution >= 4 is 28.5 Å². The van der Waals surface area contributed by atoms with E-state index in [1.54, 1.807) is 29.3 Å². The normalized spacial score (nSPS) is 11.0. The first-order valence-corrected chi connectivity index (χ1v) is 11.1. The number of rotatable bonds is 6. The highest BCUT2D eigenvalue weighted by atomic mass is 32.1. The predicted octanol–water partition coefficient (Wildman–Crippen LogP) is 5.10. The van der Waals surface area contributed by atoms with Crippen molar-refractivity contribution in [2.24, 2.45) is 0 Å². The number of carbonyl (C=O) groups is 1. The number of pyridine rings is 2. The monoisotopic (exact) mass is 450 g/mol. The summed E-state index contributed by atoms with van der Waals surface area (Å²) in [4.78, 5) is 25.5. The molecule has 4 heterocycles. The third kappa shape index (κ3) is 4.76. The summed E-state index contributed by atoms with van der Waals surface area (Å²) in [7, 11) is 0. The van der Waals surface area contributed by atoms with E-state index < -0.39 is 0 Å². The van der Waals surface area contributed by atoms with Gasteiger partial charge in [-0.05, 0) is 42.5 Å². The van der Waals surface area contributed by atoms with Crippen LogP contribution in [0.3, 0.4) is 0 Å². The first-order chi connectivity index (χ1) is 16.3. The SMILES string of the molecule is O=C(C=Cc1cn(-c2ccccc2)nc1-c1cccnc1)Nc1nc(-c2ccccn2)cs1. The van der Waals surface area contributed by atoms with Gasteiger partial charge in [0.1, 0.15) is 11.4 Å². The average Bonchev–Trinajstić information content (AvgIpc) is 3.52. The number of carbonyl (C=O) groups excluding carboxylic acids is 1. The lowest BCUT2D eigenvalue weighted by Crippen LogP contribution is -2.07. The van der Waals surface area contributed by atoms with Crippen LogP contribution in [0.1, 0.15) is 5.56 Å². The summed E-state index contributed by atoms with van der Waals surface area (Å²) in [5.41, 5.74) is 4.82. The molecule has 0 aliphatic heterocycles. The fraction of sp³-hybridized carbons (Fsp3) is 0. The highest BCUT2D eigenvalue weighted by Gasteiger charge is 2.12. The lowest BCUT2D eigenvalue weighted by molar-refractivity contribution is -0.111. The molecule has 0 unspecified atom stereocenters. The van der Waals surface area contributed by atoms with E-state index >= 15 is 0 Å². The lowest BCUT2D eigenvalue weighted by Gasteiger charge is -2.00. The van der Waals surface area contributed by atoms with Crippen molar-refractivity contribution in [3.05, 3.63) is 102 Å². The third-order valence-corrected chi connectivity index (χ3v) is 5.53. The maximum Gasteiger partial charge on any atom is 0.250 e. The summed E-state index contributed by atoms with van der Waals surface area (Å²) >= 11 is 1.35. The van der Waals surface area contributed by atoms with E-state index in [1.165, 1.54) is 17.4 Å². The molecule has 4 aromatic heterocycles. The number of para-hydroxylation sites is 1. The molecule has 1 aromatic carbocycles. The van der Waals surface area contributed by atoms with Crippen molar-refractivity contribution in [3.8, 4) is 28.3 Å². The molecule has 0 spiro atoms. The molecule has 0 aliphatic rings. The van der Waals surface area contributed by atoms with Gasteiger partial charge >= 0.3 is 0 Å². The fourth-order valence-corrected chi connectivity index (χ4v) is 3.93. The van der Waals surface area contributed by atoms with Gasteiger partial charge in [-0.15, -0.1) is 11.3 Å². The zero-order valence-electron chi connectivity index (χ0n) is 17.4. The van der Waals surface area contributed by atoms with E-state index in [2.05, 4.69) is 20.3 Å². The second-order valence-electron chi connectivity index (χ2n) is 7.03. The largest absolute Gasteiger partial charge is 0.298 e. The first-order valence-electron chi connectivity index (χ1n) is 10.2. The molecule has 0 saturated heterocycles. The summed E-state index contributed by atoms with van der Waals surface area (Å²) in [5.74, 6) is -0.276. The van der Waals surface area contributed by atoms with E-state index in [9.17, 15) is 4.79 Å². The Morgan fingerprint density at radius 3 is 2.64 bits per heavy atom. The van der Waals surface area contributed by atoms with Gasteiger partial charge in [-0.1, -0.05) is 24.3 Å². The Hall–Kier alpha value is -4.43. The molecule has 5 rings (SSSR count). The van der Waals surface area contributed by atoms with Gasteiger partial charge in [-0.25, -0.2) is 9.67 Å². The number of aromatic nitrogens is 5. The van der Waals surface area contributed by atoms with Crippen LogP contribution < -0.4 is 5.32 Å². The van der Waals surface area contributed by atoms with Gasteiger partial charge in [0, 0.05) is 47.4 Å². The lowest BCUT2D eigenvalue weighted by atomic mass is 10.1. The molecule has 33 heavy (non-hydrogen) atoms. The minimum absolute atomic E-state index is 0.276. The second kappa shape index (κ2) is 9.37. The van der Waals surface area contributed by atoms with Gasteiger partial charge in [0.05, 0.1) is 11.4 Å². The number of anilines is 1. The van der Waals surface area contributed by atoms with Crippen LogP contribution in [-0.4, -0.2) is 30.6 Å². The van der Waals surface area contributed by atoms with Crippen LogP contribution in [0.25, 0.3) is 34.4 Å². The second-order valence-corrected chi connectivity index (χ2v) is 7.89. The van der Waals surface area contributed by atoms with E-state index in [0.717, 1.165) is 33.9 Å². The zero-order chi connectivity index (χ0) is 22.5. The molecule has 1 amide bonds. The van der Waals surface area contributed by atoms with Gasteiger partial charge in [0.15, 0.2) is 5.13 Å². The van der Waals surface area contributed by atoms with Crippen LogP contribution in [0.5, 0.6) is 0 Å². The molecule has 0 saturated carbocycles. The molecule has 8 heteroatoms. The summed E-state index contributed by atoms with van der Waals surface area (Å²) in [5, 5.41) is 9.92. The number of benzene rings is 1. The highest BCUT2D eigenvalue weighted by Crippen LogP contribution is 2.25. The molecule has 7 nitrogen and oxygen atoms in total. The summed E-state index contributed by atoms with van der Waals surface area (Å²) < 4.78 is 1.79. The van der Waals surface area contributed by atoms with Gasteiger partial charge in [-0.3, -0.25) is 20.1 Å². The topological polar surface area (TPSA) is 85.6 Å². The molecular weight excluding hydrogens is 432 g/mol. The van der Waals surface area contributed by atoms with E-state index in [4.69, 9.17) is 5.10 Å². The standard InChI is InChI=1S/C25H18N6OS/c32-23(29-25-28-22(17-33-25)21-10-4-5-14-27-21)12-11-19-16-31(20-8-2-1-3-9-20)30-24(19)18-7-6-13-26-15-18/h1-17H,(H,28,29,32). The minimum atomic E-state index is -0.276. The van der Waals surface area contributed by atoms with Crippen LogP contribution in [0, 0.1) is 0 Å². The number of hydrogen-bond acceptors (Lipinski definition) is 6. The fourth-order valence-electron chi connectivity index (χ4n) is 3.23. The van der Waals surface area contributed by atoms with Gasteiger partial charge in [-0.2, -0.15) is 5.10 Å². The summed E-state index contributed by atoms with van der Waals surface area (Å²) in [6.45, 7) is 0. The molecule has 1 N–H and O–H groups in total. The Bertz CT molecular complexity index is 1390. The van der Waals surface area contributed by atoms with Crippen LogP contribution in [0.4, 0.5) is 5.13 Å². The predicted molar refractivity (Wildman–Crippen MR) is 130 cm³/mol. The molecule has 5 aromatic rings. The number of nitrogens with zero attached hydrogens (tertiary/aromatic N) is 5. The zero-order valence-corrected chi connectivity index (χ0v) is 18.2. The molecule has 0 radical (unpaired) electrons. The van der Waals surface area contributed by atoms with Crippen LogP contribution in [0.15, 0.2) is 96.9 Å². The maximum absolute atomic E-state index is 12.6. The van der Waals surface area contributed by atoms with Gasteiger partial charge in [0.25, 0.3) is 0 Å². The Labute approximate surface area is 194 Å². The van der Waals surface area contributed by atoms with Crippen molar-refractivity contribution in [3.63, 3.8) is 0 Å². The van der Waals surface area contributed by atoms with Crippen molar-refractivity contribution in [1.29, 1.82) is 0 Å². The third-order valence-electron chi connectivity index (χ3n) is 4.77. The summed E-state index contributed by atoms with van der Waals surface area (Å²) in [6.07, 6.45) is 10.3. The number of amides is 1. The van der Waals surface area contributed by atoms with Crippen LogP contribution in [0.2, 0.25) is 0 Å². The molecule has 0 fully saturated rings. The molecule has 0 aliphatic carbocycles. The maximum atomic E-state index is 12.6. The molecule has 0 atom stereocenters. The number of thiazole rings is 1. The Kier molecular flexibility index (Phi) is 5.81. The van der Waals surface area contributed by atoms with E-state index in [0.29, 0.717) is 5.13 Å². The van der Waals surface area contributed by atoms with Crippen LogP contribution in [-0.2, 0) is 4.79 Å². The van der Waals surface area contributed by atoms with Gasteiger partial charge < -0.3 is 0 Å². The Morgan fingerprint density at radius 1 is 0.970 bits per heavy atom. The van der Waals surface area contributed by atoms with Crippen molar-refractivity contribution in [2.75, 3.05) is 5.32 Å². The first kappa shape index (κ1) is 20.5. The van der Waals surface area contributed by atoms with E-state index in [-0.39, 0.29) is 5.91 Å². The quantitative estimate of drug-likeness (QED) is 0.364. The van der Waals surface area contributed by atoms with Gasteiger partial charge in [0.2, 0.25) is 5.91 Å². The Morgan fingerprint density at radius 2 is 1.85 bits per heavy atom. The van der Waals surface area contributed by atoms with Crippen molar-refractivity contribution < 1.29 is 4.79 Å². The van der Waals surface area contributed by atoms with E-state index in [1.807, 2.05) is 72.2 Å². The van der Waals surface area contributed by atoms with Crippen molar-refractivity contribution in [2.45, 2.75) is 0 Å². The number of hydrogen-bond donors (Lipinski definition) is 1. The molecule has 160 valence electrons. The summed E-state index contributed by atoms with van der Waals surface area (Å²) in [6, 6.07) is 19.2. The minimum Gasteiger partial charge on any atom is -0.298 e. The highest BCUT2D eigenvalue weighted by molar-refractivity contribution is 7.14. The average molecular weight is 451 g/mol. The van der Waals surface area contributed by atoms with Crippen molar-refractivity contribution in [1.82, 2.24) is 24.7 Å². The molecular formula is C25H18N6OS. The Balaban J connectivity index is 1.38. The number of nitrogens with one attached hydrogen (secondary N) is 1.